The molecule has 0 atom stereocenters. The zero-order chi connectivity index (χ0) is 23.3. The van der Waals surface area contributed by atoms with Gasteiger partial charge in [0.2, 0.25) is 0 Å². The molecule has 32 heavy (non-hydrogen) atoms. The van der Waals surface area contributed by atoms with Crippen molar-refractivity contribution in [2.24, 2.45) is 0 Å². The normalized spacial score (nSPS) is 14.5. The number of carbonyl (C=O) groups excluding carboxylic acids is 3. The number of esters is 1. The maximum Gasteiger partial charge on any atom is 0.344 e. The summed E-state index contributed by atoms with van der Waals surface area (Å²) < 4.78 is 30.3. The number of benzene rings is 2. The molecule has 0 spiro atoms. The van der Waals surface area contributed by atoms with E-state index in [9.17, 15) is 18.8 Å². The topological polar surface area (TPSA) is 94.2 Å². The summed E-state index contributed by atoms with van der Waals surface area (Å²) in [6, 6.07) is 8.62. The van der Waals surface area contributed by atoms with Crippen LogP contribution in [0.5, 0.6) is 11.5 Å². The van der Waals surface area contributed by atoms with Crippen LogP contribution in [0.15, 0.2) is 42.1 Å². The van der Waals surface area contributed by atoms with Gasteiger partial charge in [-0.2, -0.15) is 0 Å². The van der Waals surface area contributed by atoms with Crippen LogP contribution in [-0.4, -0.2) is 43.1 Å². The number of nitrogens with zero attached hydrogens (tertiary/aromatic N) is 1. The zero-order valence-corrected chi connectivity index (χ0v) is 19.5. The molecule has 8 nitrogen and oxygen atoms in total. The molecule has 1 aliphatic heterocycles. The first-order valence-electron chi connectivity index (χ1n) is 9.58. The number of ether oxygens (including phenoxy) is 3. The summed E-state index contributed by atoms with van der Waals surface area (Å²) in [7, 11) is 1.44. The molecule has 3 amide bonds. The standard InChI is InChI=1S/C22H20FIN2O6/c1-3-31-19(27)12-32-20-16(24)8-13(10-18(20)30-2)9-17-21(28)26(22(29)25-17)11-14-6-4-5-7-15(14)23/h4-10H,3,11-12H2,1-2H3,(H,25,29)/b17-9+. The van der Waals surface area contributed by atoms with E-state index in [1.165, 1.54) is 31.4 Å². The summed E-state index contributed by atoms with van der Waals surface area (Å²) in [4.78, 5) is 37.5. The Bertz CT molecular complexity index is 1090. The predicted molar refractivity (Wildman–Crippen MR) is 121 cm³/mol. The summed E-state index contributed by atoms with van der Waals surface area (Å²) in [6.07, 6.45) is 1.49. The van der Waals surface area contributed by atoms with E-state index in [0.717, 1.165) is 4.90 Å². The summed E-state index contributed by atoms with van der Waals surface area (Å²) >= 11 is 2.01. The molecular formula is C22H20FIN2O6. The fourth-order valence-electron chi connectivity index (χ4n) is 2.98. The second-order valence-electron chi connectivity index (χ2n) is 6.60. The lowest BCUT2D eigenvalue weighted by Crippen LogP contribution is -2.30. The molecule has 3 rings (SSSR count). The molecule has 10 heteroatoms. The molecule has 1 fully saturated rings. The Morgan fingerprint density at radius 3 is 2.69 bits per heavy atom. The highest BCUT2D eigenvalue weighted by atomic mass is 127. The molecule has 1 heterocycles. The van der Waals surface area contributed by atoms with Crippen molar-refractivity contribution >= 4 is 46.6 Å². The monoisotopic (exact) mass is 554 g/mol. The number of nitrogens with one attached hydrogen (secondary N) is 1. The minimum Gasteiger partial charge on any atom is -0.493 e. The van der Waals surface area contributed by atoms with E-state index >= 15 is 0 Å². The Labute approximate surface area is 197 Å². The first-order chi connectivity index (χ1) is 15.3. The van der Waals surface area contributed by atoms with Gasteiger partial charge in [0.25, 0.3) is 5.91 Å². The minimum absolute atomic E-state index is 0.0457. The first-order valence-corrected chi connectivity index (χ1v) is 10.7. The van der Waals surface area contributed by atoms with Crippen molar-refractivity contribution in [3.63, 3.8) is 0 Å². The summed E-state index contributed by atoms with van der Waals surface area (Å²) in [6.45, 7) is 1.48. The van der Waals surface area contributed by atoms with Gasteiger partial charge < -0.3 is 19.5 Å². The lowest BCUT2D eigenvalue weighted by atomic mass is 10.1. The molecule has 1 saturated heterocycles. The maximum atomic E-state index is 13.9. The van der Waals surface area contributed by atoms with Crippen molar-refractivity contribution in [1.29, 1.82) is 0 Å². The van der Waals surface area contributed by atoms with E-state index in [0.29, 0.717) is 20.6 Å². The number of amides is 3. The number of methoxy groups -OCH3 is 1. The van der Waals surface area contributed by atoms with E-state index in [4.69, 9.17) is 14.2 Å². The van der Waals surface area contributed by atoms with Crippen LogP contribution in [0.3, 0.4) is 0 Å². The van der Waals surface area contributed by atoms with E-state index in [1.54, 1.807) is 25.1 Å². The summed E-state index contributed by atoms with van der Waals surface area (Å²) in [5, 5.41) is 2.51. The molecule has 2 aromatic carbocycles. The Kier molecular flexibility index (Phi) is 7.67. The van der Waals surface area contributed by atoms with Gasteiger partial charge in [-0.1, -0.05) is 18.2 Å². The zero-order valence-electron chi connectivity index (χ0n) is 17.3. The van der Waals surface area contributed by atoms with Gasteiger partial charge in [0.1, 0.15) is 11.5 Å². The average molecular weight is 554 g/mol. The van der Waals surface area contributed by atoms with Crippen LogP contribution in [0.25, 0.3) is 6.08 Å². The molecule has 1 aliphatic rings. The molecule has 2 aromatic rings. The van der Waals surface area contributed by atoms with Crippen LogP contribution >= 0.6 is 22.6 Å². The third-order valence-electron chi connectivity index (χ3n) is 4.45. The number of carbonyl (C=O) groups is 3. The van der Waals surface area contributed by atoms with Crippen LogP contribution in [-0.2, 0) is 20.9 Å². The van der Waals surface area contributed by atoms with Gasteiger partial charge >= 0.3 is 12.0 Å². The molecule has 0 aliphatic carbocycles. The second-order valence-corrected chi connectivity index (χ2v) is 7.76. The summed E-state index contributed by atoms with van der Waals surface area (Å²) in [5.74, 6) is -0.886. The van der Waals surface area contributed by atoms with Gasteiger partial charge in [-0.25, -0.2) is 14.0 Å². The summed E-state index contributed by atoms with van der Waals surface area (Å²) in [5.41, 5.74) is 0.840. The van der Waals surface area contributed by atoms with Crippen molar-refractivity contribution in [2.75, 3.05) is 20.3 Å². The fraction of sp³-hybridized carbons (Fsp3) is 0.227. The van der Waals surface area contributed by atoms with Gasteiger partial charge in [0, 0.05) is 5.56 Å². The predicted octanol–water partition coefficient (Wildman–Crippen LogP) is 3.47. The Balaban J connectivity index is 1.81. The molecule has 0 saturated carbocycles. The third-order valence-corrected chi connectivity index (χ3v) is 5.25. The van der Waals surface area contributed by atoms with Crippen molar-refractivity contribution in [1.82, 2.24) is 10.2 Å². The lowest BCUT2D eigenvalue weighted by molar-refractivity contribution is -0.145. The molecule has 1 N–H and O–H groups in total. The van der Waals surface area contributed by atoms with E-state index in [-0.39, 0.29) is 31.0 Å². The highest BCUT2D eigenvalue weighted by Gasteiger charge is 2.34. The molecule has 0 bridgehead atoms. The molecule has 0 unspecified atom stereocenters. The lowest BCUT2D eigenvalue weighted by Gasteiger charge is -2.13. The number of urea groups is 1. The van der Waals surface area contributed by atoms with Crippen molar-refractivity contribution in [3.8, 4) is 11.5 Å². The SMILES string of the molecule is CCOC(=O)COc1c(I)cc(/C=C2/NC(=O)N(Cc3ccccc3F)C2=O)cc1OC. The Hall–Kier alpha value is -3.15. The van der Waals surface area contributed by atoms with E-state index in [2.05, 4.69) is 5.32 Å². The van der Waals surface area contributed by atoms with Crippen molar-refractivity contribution in [3.05, 3.63) is 62.6 Å². The average Bonchev–Trinajstić information content (AvgIpc) is 3.01. The van der Waals surface area contributed by atoms with E-state index in [1.807, 2.05) is 22.6 Å². The van der Waals surface area contributed by atoms with Crippen LogP contribution in [0.1, 0.15) is 18.1 Å². The van der Waals surface area contributed by atoms with Crippen LogP contribution < -0.4 is 14.8 Å². The highest BCUT2D eigenvalue weighted by Crippen LogP contribution is 2.35. The van der Waals surface area contributed by atoms with Crippen LogP contribution in [0, 0.1) is 9.39 Å². The molecule has 0 radical (unpaired) electrons. The fourth-order valence-corrected chi connectivity index (χ4v) is 3.76. The molecular weight excluding hydrogens is 534 g/mol. The van der Waals surface area contributed by atoms with Gasteiger partial charge in [-0.15, -0.1) is 0 Å². The number of halogens is 2. The van der Waals surface area contributed by atoms with Gasteiger partial charge in [-0.05, 0) is 59.4 Å². The molecule has 168 valence electrons. The van der Waals surface area contributed by atoms with E-state index < -0.39 is 23.7 Å². The smallest absolute Gasteiger partial charge is 0.344 e. The Morgan fingerprint density at radius 1 is 1.25 bits per heavy atom. The minimum atomic E-state index is -0.638. The number of hydrogen-bond acceptors (Lipinski definition) is 6. The van der Waals surface area contributed by atoms with Gasteiger partial charge in [0.15, 0.2) is 18.1 Å². The number of hydrogen-bond donors (Lipinski definition) is 1. The number of imide groups is 1. The highest BCUT2D eigenvalue weighted by molar-refractivity contribution is 14.1. The number of rotatable bonds is 8. The Morgan fingerprint density at radius 2 is 2.00 bits per heavy atom. The molecule has 0 aromatic heterocycles. The van der Waals surface area contributed by atoms with Crippen LogP contribution in [0.2, 0.25) is 0 Å². The second kappa shape index (κ2) is 10.4. The van der Waals surface area contributed by atoms with Crippen molar-refractivity contribution < 1.29 is 33.0 Å². The van der Waals surface area contributed by atoms with Crippen molar-refractivity contribution in [2.45, 2.75) is 13.5 Å². The maximum absolute atomic E-state index is 13.9. The third kappa shape index (κ3) is 5.36. The largest absolute Gasteiger partial charge is 0.493 e. The van der Waals surface area contributed by atoms with Gasteiger partial charge in [0.05, 0.1) is 23.8 Å². The van der Waals surface area contributed by atoms with Gasteiger partial charge in [-0.3, -0.25) is 9.69 Å². The first kappa shape index (κ1) is 23.5. The quantitative estimate of drug-likeness (QED) is 0.233. The van der Waals surface area contributed by atoms with Crippen LogP contribution in [0.4, 0.5) is 9.18 Å².